The van der Waals surface area contributed by atoms with Gasteiger partial charge in [0, 0.05) is 17.3 Å². The van der Waals surface area contributed by atoms with Crippen LogP contribution >= 0.6 is 39.5 Å². The van der Waals surface area contributed by atoms with Crippen LogP contribution in [-0.4, -0.2) is 27.2 Å². The second kappa shape index (κ2) is 4.93. The third kappa shape index (κ3) is 2.60. The maximum Gasteiger partial charge on any atom is 0.144 e. The average Bonchev–Trinajstić information content (AvgIpc) is 2.26. The lowest BCUT2D eigenvalue weighted by Crippen LogP contribution is -2.12. The normalized spacial score (nSPS) is 21.6. The molecule has 2 rings (SSSR count). The summed E-state index contributed by atoms with van der Waals surface area (Å²) in [5, 5.41) is 0.401. The Kier molecular flexibility index (Phi) is 3.79. The summed E-state index contributed by atoms with van der Waals surface area (Å²) in [4.78, 5) is 8.83. The van der Waals surface area contributed by atoms with Crippen LogP contribution in [0.2, 0.25) is 0 Å². The third-order valence-electron chi connectivity index (χ3n) is 2.16. The Labute approximate surface area is 106 Å². The van der Waals surface area contributed by atoms with Crippen molar-refractivity contribution in [2.24, 2.45) is 0 Å². The molecule has 1 aliphatic heterocycles. The minimum atomic E-state index is 0.401. The Balaban J connectivity index is 2.27. The molecular formula is C9H12BrN3S2. The summed E-state index contributed by atoms with van der Waals surface area (Å²) >= 11 is 7.26. The molecule has 2 heterocycles. The van der Waals surface area contributed by atoms with Gasteiger partial charge in [-0.1, -0.05) is 0 Å². The highest BCUT2D eigenvalue weighted by atomic mass is 79.9. The number of nitrogen functional groups attached to an aromatic ring is 1. The van der Waals surface area contributed by atoms with Crippen LogP contribution in [0.4, 0.5) is 5.82 Å². The van der Waals surface area contributed by atoms with E-state index in [2.05, 4.69) is 25.9 Å². The van der Waals surface area contributed by atoms with Gasteiger partial charge in [0.15, 0.2) is 0 Å². The van der Waals surface area contributed by atoms with Crippen molar-refractivity contribution < 1.29 is 0 Å². The van der Waals surface area contributed by atoms with Gasteiger partial charge in [-0.15, -0.1) is 11.8 Å². The van der Waals surface area contributed by atoms with E-state index >= 15 is 0 Å². The van der Waals surface area contributed by atoms with Gasteiger partial charge in [0.25, 0.3) is 0 Å². The Hall–Kier alpha value is 0.0600. The number of rotatable bonds is 1. The van der Waals surface area contributed by atoms with Crippen LogP contribution < -0.4 is 5.73 Å². The monoisotopic (exact) mass is 305 g/mol. The van der Waals surface area contributed by atoms with Crippen molar-refractivity contribution in [2.45, 2.75) is 12.2 Å². The van der Waals surface area contributed by atoms with Crippen molar-refractivity contribution in [1.82, 2.24) is 9.97 Å². The molecule has 0 amide bonds. The van der Waals surface area contributed by atoms with Crippen LogP contribution in [-0.2, 0) is 0 Å². The van der Waals surface area contributed by atoms with Crippen LogP contribution in [0.15, 0.2) is 4.47 Å². The molecule has 2 N–H and O–H groups in total. The van der Waals surface area contributed by atoms with E-state index in [1.807, 2.05) is 30.4 Å². The van der Waals surface area contributed by atoms with Crippen LogP contribution in [0.3, 0.4) is 0 Å². The third-order valence-corrected chi connectivity index (χ3v) is 5.89. The zero-order valence-electron chi connectivity index (χ0n) is 8.36. The molecule has 0 spiro atoms. The molecule has 0 radical (unpaired) electrons. The highest BCUT2D eigenvalue weighted by Gasteiger charge is 2.20. The number of anilines is 1. The molecule has 1 aromatic rings. The predicted octanol–water partition coefficient (Wildman–Crippen LogP) is 2.65. The summed E-state index contributed by atoms with van der Waals surface area (Å²) in [7, 11) is 0. The van der Waals surface area contributed by atoms with Crippen LogP contribution in [0, 0.1) is 6.92 Å². The van der Waals surface area contributed by atoms with Crippen molar-refractivity contribution >= 4 is 45.3 Å². The van der Waals surface area contributed by atoms with E-state index in [9.17, 15) is 0 Å². The minimum Gasteiger partial charge on any atom is -0.383 e. The molecule has 1 saturated heterocycles. The molecule has 1 atom stereocenters. The van der Waals surface area contributed by atoms with Crippen molar-refractivity contribution in [2.75, 3.05) is 23.0 Å². The Morgan fingerprint density at radius 2 is 2.20 bits per heavy atom. The number of nitrogens with zero attached hydrogens (tertiary/aromatic N) is 2. The first-order chi connectivity index (χ1) is 7.18. The highest BCUT2D eigenvalue weighted by molar-refractivity contribution is 9.10. The SMILES string of the molecule is Cc1nc(C2CSCCS2)nc(N)c1Br. The zero-order chi connectivity index (χ0) is 10.8. The highest BCUT2D eigenvalue weighted by Crippen LogP contribution is 2.36. The first kappa shape index (κ1) is 11.5. The van der Waals surface area contributed by atoms with Gasteiger partial charge in [-0.25, -0.2) is 9.97 Å². The number of aryl methyl sites for hydroxylation is 1. The summed E-state index contributed by atoms with van der Waals surface area (Å²) in [6.45, 7) is 1.95. The van der Waals surface area contributed by atoms with E-state index in [4.69, 9.17) is 5.73 Å². The number of nitrogens with two attached hydrogens (primary N) is 1. The predicted molar refractivity (Wildman–Crippen MR) is 71.4 cm³/mol. The van der Waals surface area contributed by atoms with Gasteiger partial charge in [0.2, 0.25) is 0 Å². The maximum absolute atomic E-state index is 5.81. The lowest BCUT2D eigenvalue weighted by Gasteiger charge is -2.20. The number of aromatic nitrogens is 2. The van der Waals surface area contributed by atoms with E-state index in [0.29, 0.717) is 11.1 Å². The fourth-order valence-electron chi connectivity index (χ4n) is 1.38. The fourth-order valence-corrected chi connectivity index (χ4v) is 4.16. The molecular weight excluding hydrogens is 294 g/mol. The number of hydrogen-bond acceptors (Lipinski definition) is 5. The van der Waals surface area contributed by atoms with Gasteiger partial charge >= 0.3 is 0 Å². The van der Waals surface area contributed by atoms with Gasteiger partial charge in [-0.2, -0.15) is 11.8 Å². The molecule has 15 heavy (non-hydrogen) atoms. The molecule has 1 unspecified atom stereocenters. The van der Waals surface area contributed by atoms with Gasteiger partial charge in [0.05, 0.1) is 15.4 Å². The number of halogens is 1. The van der Waals surface area contributed by atoms with E-state index in [1.54, 1.807) is 0 Å². The number of hydrogen-bond donors (Lipinski definition) is 1. The van der Waals surface area contributed by atoms with E-state index < -0.39 is 0 Å². The summed E-state index contributed by atoms with van der Waals surface area (Å²) in [5.74, 6) is 4.92. The molecule has 0 aromatic carbocycles. The molecule has 0 aliphatic carbocycles. The average molecular weight is 306 g/mol. The van der Waals surface area contributed by atoms with Crippen LogP contribution in [0.25, 0.3) is 0 Å². The second-order valence-corrected chi connectivity index (χ2v) is 6.55. The van der Waals surface area contributed by atoms with E-state index in [-0.39, 0.29) is 0 Å². The fraction of sp³-hybridized carbons (Fsp3) is 0.556. The molecule has 1 aromatic heterocycles. The minimum absolute atomic E-state index is 0.401. The van der Waals surface area contributed by atoms with Crippen molar-refractivity contribution in [3.63, 3.8) is 0 Å². The quantitative estimate of drug-likeness (QED) is 0.864. The van der Waals surface area contributed by atoms with Gasteiger partial charge < -0.3 is 5.73 Å². The lowest BCUT2D eigenvalue weighted by molar-refractivity contribution is 0.903. The molecule has 0 bridgehead atoms. The first-order valence-electron chi connectivity index (χ1n) is 4.67. The Morgan fingerprint density at radius 3 is 2.80 bits per heavy atom. The van der Waals surface area contributed by atoms with Gasteiger partial charge in [0.1, 0.15) is 11.6 Å². The summed E-state index contributed by atoms with van der Waals surface area (Å²) in [6, 6.07) is 0. The summed E-state index contributed by atoms with van der Waals surface area (Å²) < 4.78 is 0.819. The van der Waals surface area contributed by atoms with E-state index in [0.717, 1.165) is 21.7 Å². The number of thioether (sulfide) groups is 2. The van der Waals surface area contributed by atoms with Crippen molar-refractivity contribution in [3.8, 4) is 0 Å². The smallest absolute Gasteiger partial charge is 0.144 e. The second-order valence-electron chi connectivity index (χ2n) is 3.30. The molecule has 3 nitrogen and oxygen atoms in total. The van der Waals surface area contributed by atoms with Crippen LogP contribution in [0.5, 0.6) is 0 Å². The van der Waals surface area contributed by atoms with E-state index in [1.165, 1.54) is 11.5 Å². The molecule has 1 aliphatic rings. The van der Waals surface area contributed by atoms with Crippen molar-refractivity contribution in [3.05, 3.63) is 16.0 Å². The molecule has 82 valence electrons. The van der Waals surface area contributed by atoms with Crippen molar-refractivity contribution in [1.29, 1.82) is 0 Å². The Bertz CT molecular complexity index is 343. The Morgan fingerprint density at radius 1 is 1.40 bits per heavy atom. The van der Waals surface area contributed by atoms with Gasteiger partial charge in [-0.3, -0.25) is 0 Å². The molecule has 1 fully saturated rings. The summed E-state index contributed by atoms with van der Waals surface area (Å²) in [6.07, 6.45) is 0. The largest absolute Gasteiger partial charge is 0.383 e. The molecule has 0 saturated carbocycles. The lowest BCUT2D eigenvalue weighted by atomic mass is 10.3. The van der Waals surface area contributed by atoms with Gasteiger partial charge in [-0.05, 0) is 22.9 Å². The van der Waals surface area contributed by atoms with Crippen LogP contribution in [0.1, 0.15) is 16.8 Å². The zero-order valence-corrected chi connectivity index (χ0v) is 11.6. The topological polar surface area (TPSA) is 51.8 Å². The molecule has 6 heteroatoms. The standard InChI is InChI=1S/C9H12BrN3S2/c1-5-7(10)8(11)13-9(12-5)6-4-14-2-3-15-6/h6H,2-4H2,1H3,(H2,11,12,13). The summed E-state index contributed by atoms with van der Waals surface area (Å²) in [5.41, 5.74) is 6.74. The maximum atomic E-state index is 5.81. The first-order valence-corrected chi connectivity index (χ1v) is 7.67.